The third-order valence-electron chi connectivity index (χ3n) is 6.07. The molecule has 0 aliphatic carbocycles. The molecule has 0 fully saturated rings. The highest BCUT2D eigenvalue weighted by atomic mass is 16.2. The normalized spacial score (nSPS) is 13.0. The molecule has 0 aliphatic rings. The van der Waals surface area contributed by atoms with Crippen LogP contribution in [0, 0.1) is 5.92 Å². The Morgan fingerprint density at radius 3 is 1.71 bits per heavy atom. The fourth-order valence-corrected chi connectivity index (χ4v) is 4.02. The Labute approximate surface area is 193 Å². The molecule has 5 heteroatoms. The first-order chi connectivity index (χ1) is 15.0. The molecule has 0 aliphatic heterocycles. The minimum absolute atomic E-state index is 0.0653. The number of amides is 2. The van der Waals surface area contributed by atoms with Crippen molar-refractivity contribution >= 4 is 11.8 Å². The molecule has 2 atom stereocenters. The number of carbonyl (C=O) groups is 2. The molecule has 0 heterocycles. The third-order valence-corrected chi connectivity index (χ3v) is 6.07. The summed E-state index contributed by atoms with van der Waals surface area (Å²) in [6.07, 6.45) is 21.4. The van der Waals surface area contributed by atoms with E-state index in [-0.39, 0.29) is 11.8 Å². The molecule has 4 N–H and O–H groups in total. The van der Waals surface area contributed by atoms with E-state index in [0.717, 1.165) is 19.3 Å². The fourth-order valence-electron chi connectivity index (χ4n) is 4.02. The summed E-state index contributed by atoms with van der Waals surface area (Å²) < 4.78 is 0. The second-order valence-electron chi connectivity index (χ2n) is 9.42. The molecule has 0 aromatic rings. The van der Waals surface area contributed by atoms with E-state index < -0.39 is 6.04 Å². The van der Waals surface area contributed by atoms with E-state index >= 15 is 0 Å². The molecule has 0 radical (unpaired) electrons. The van der Waals surface area contributed by atoms with Crippen LogP contribution < -0.4 is 16.4 Å². The number of unbranched alkanes of at least 4 members (excludes halogenated alkanes) is 13. The van der Waals surface area contributed by atoms with Crippen molar-refractivity contribution in [2.45, 2.75) is 136 Å². The molecule has 184 valence electrons. The first-order valence-electron chi connectivity index (χ1n) is 13.3. The maximum absolute atomic E-state index is 12.4. The predicted molar refractivity (Wildman–Crippen MR) is 133 cm³/mol. The van der Waals surface area contributed by atoms with Gasteiger partial charge in [0, 0.05) is 13.5 Å². The largest absolute Gasteiger partial charge is 0.354 e. The molecule has 5 nitrogen and oxygen atoms in total. The number of hydrogen-bond acceptors (Lipinski definition) is 3. The number of hydrogen-bond donors (Lipinski definition) is 3. The van der Waals surface area contributed by atoms with Gasteiger partial charge in [0.15, 0.2) is 0 Å². The minimum Gasteiger partial charge on any atom is -0.354 e. The van der Waals surface area contributed by atoms with Crippen LogP contribution in [0.3, 0.4) is 0 Å². The number of carbonyl (C=O) groups excluding carboxylic acids is 2. The van der Waals surface area contributed by atoms with Crippen LogP contribution in [0.2, 0.25) is 0 Å². The summed E-state index contributed by atoms with van der Waals surface area (Å²) in [6, 6.07) is -0.437. The Morgan fingerprint density at radius 1 is 0.742 bits per heavy atom. The molecule has 0 spiro atoms. The molecule has 2 amide bonds. The van der Waals surface area contributed by atoms with Gasteiger partial charge in [-0.05, 0) is 38.1 Å². The predicted octanol–water partition coefficient (Wildman–Crippen LogP) is 5.85. The van der Waals surface area contributed by atoms with E-state index in [1.807, 2.05) is 0 Å². The molecule has 0 aromatic heterocycles. The SMILES string of the molecule is CCCCCCCCCCCCCCCC(C)CNC(=O)[C@H](CCCCN)NC(C)=O. The number of rotatable bonds is 22. The van der Waals surface area contributed by atoms with E-state index in [2.05, 4.69) is 24.5 Å². The lowest BCUT2D eigenvalue weighted by molar-refractivity contribution is -0.128. The maximum atomic E-state index is 12.4. The molecule has 0 saturated heterocycles. The second-order valence-corrected chi connectivity index (χ2v) is 9.42. The Morgan fingerprint density at radius 2 is 1.23 bits per heavy atom. The topological polar surface area (TPSA) is 84.2 Å². The highest BCUT2D eigenvalue weighted by molar-refractivity contribution is 5.86. The van der Waals surface area contributed by atoms with E-state index in [4.69, 9.17) is 5.73 Å². The fraction of sp³-hybridized carbons (Fsp3) is 0.923. The van der Waals surface area contributed by atoms with Gasteiger partial charge in [-0.2, -0.15) is 0 Å². The maximum Gasteiger partial charge on any atom is 0.242 e. The third kappa shape index (κ3) is 20.6. The molecular formula is C26H53N3O2. The molecule has 1 unspecified atom stereocenters. The van der Waals surface area contributed by atoms with Gasteiger partial charge in [0.25, 0.3) is 0 Å². The molecule has 0 bridgehead atoms. The van der Waals surface area contributed by atoms with Crippen LogP contribution in [-0.2, 0) is 9.59 Å². The van der Waals surface area contributed by atoms with Gasteiger partial charge < -0.3 is 16.4 Å². The number of nitrogens with one attached hydrogen (secondary N) is 2. The lowest BCUT2D eigenvalue weighted by Crippen LogP contribution is -2.47. The smallest absolute Gasteiger partial charge is 0.242 e. The van der Waals surface area contributed by atoms with Crippen LogP contribution in [0.25, 0.3) is 0 Å². The van der Waals surface area contributed by atoms with Gasteiger partial charge >= 0.3 is 0 Å². The molecule has 0 saturated carbocycles. The Balaban J connectivity index is 3.65. The van der Waals surface area contributed by atoms with Gasteiger partial charge in [-0.15, -0.1) is 0 Å². The lowest BCUT2D eigenvalue weighted by Gasteiger charge is -2.19. The summed E-state index contributed by atoms with van der Waals surface area (Å²) in [5.41, 5.74) is 5.53. The van der Waals surface area contributed by atoms with Gasteiger partial charge in [0.05, 0.1) is 0 Å². The summed E-state index contributed by atoms with van der Waals surface area (Å²) >= 11 is 0. The van der Waals surface area contributed by atoms with Crippen LogP contribution in [0.4, 0.5) is 0 Å². The van der Waals surface area contributed by atoms with Crippen LogP contribution >= 0.6 is 0 Å². The molecule has 0 rings (SSSR count). The zero-order chi connectivity index (χ0) is 23.2. The monoisotopic (exact) mass is 439 g/mol. The van der Waals surface area contributed by atoms with Gasteiger partial charge in [-0.25, -0.2) is 0 Å². The van der Waals surface area contributed by atoms with Crippen molar-refractivity contribution in [2.24, 2.45) is 11.7 Å². The zero-order valence-electron chi connectivity index (χ0n) is 21.0. The standard InChI is InChI=1S/C26H53N3O2/c1-4-5-6-7-8-9-10-11-12-13-14-15-16-19-23(2)22-28-26(31)25(29-24(3)30)20-17-18-21-27/h23,25H,4-22,27H2,1-3H3,(H,28,31)(H,29,30)/t23?,25-/m0/s1. The van der Waals surface area contributed by atoms with E-state index in [1.54, 1.807) is 0 Å². The average Bonchev–Trinajstić information content (AvgIpc) is 2.74. The van der Waals surface area contributed by atoms with Crippen LogP contribution in [0.5, 0.6) is 0 Å². The first kappa shape index (κ1) is 29.9. The summed E-state index contributed by atoms with van der Waals surface area (Å²) in [5.74, 6) is 0.246. The van der Waals surface area contributed by atoms with Gasteiger partial charge in [-0.3, -0.25) is 9.59 Å². The van der Waals surface area contributed by atoms with E-state index in [9.17, 15) is 9.59 Å². The van der Waals surface area contributed by atoms with Crippen molar-refractivity contribution in [1.29, 1.82) is 0 Å². The Bertz CT molecular complexity index is 429. The van der Waals surface area contributed by atoms with Crippen LogP contribution in [0.1, 0.15) is 130 Å². The summed E-state index contributed by atoms with van der Waals surface area (Å²) in [5, 5.41) is 5.79. The van der Waals surface area contributed by atoms with Crippen molar-refractivity contribution in [1.82, 2.24) is 10.6 Å². The van der Waals surface area contributed by atoms with Crippen molar-refractivity contribution < 1.29 is 9.59 Å². The van der Waals surface area contributed by atoms with Crippen molar-refractivity contribution in [3.63, 3.8) is 0 Å². The Kier molecular flexibility index (Phi) is 21.3. The van der Waals surface area contributed by atoms with Gasteiger partial charge in [0.1, 0.15) is 6.04 Å². The van der Waals surface area contributed by atoms with Crippen molar-refractivity contribution in [3.8, 4) is 0 Å². The highest BCUT2D eigenvalue weighted by Crippen LogP contribution is 2.14. The summed E-state index contributed by atoms with van der Waals surface area (Å²) in [6.45, 7) is 7.23. The van der Waals surface area contributed by atoms with Gasteiger partial charge in [-0.1, -0.05) is 97.3 Å². The van der Waals surface area contributed by atoms with E-state index in [0.29, 0.717) is 25.4 Å². The summed E-state index contributed by atoms with van der Waals surface area (Å²) in [4.78, 5) is 23.8. The first-order valence-corrected chi connectivity index (χ1v) is 13.3. The number of nitrogens with two attached hydrogens (primary N) is 1. The summed E-state index contributed by atoms with van der Waals surface area (Å²) in [7, 11) is 0. The van der Waals surface area contributed by atoms with Crippen LogP contribution in [0.15, 0.2) is 0 Å². The quantitative estimate of drug-likeness (QED) is 0.185. The van der Waals surface area contributed by atoms with Crippen molar-refractivity contribution in [3.05, 3.63) is 0 Å². The molecule has 31 heavy (non-hydrogen) atoms. The molecular weight excluding hydrogens is 386 g/mol. The van der Waals surface area contributed by atoms with E-state index in [1.165, 1.54) is 90.4 Å². The average molecular weight is 440 g/mol. The zero-order valence-corrected chi connectivity index (χ0v) is 21.0. The minimum atomic E-state index is -0.437. The van der Waals surface area contributed by atoms with Gasteiger partial charge in [0.2, 0.25) is 11.8 Å². The molecule has 0 aromatic carbocycles. The van der Waals surface area contributed by atoms with Crippen LogP contribution in [-0.4, -0.2) is 30.9 Å². The highest BCUT2D eigenvalue weighted by Gasteiger charge is 2.19. The van der Waals surface area contributed by atoms with Crippen molar-refractivity contribution in [2.75, 3.05) is 13.1 Å². The lowest BCUT2D eigenvalue weighted by atomic mass is 10.0. The Hall–Kier alpha value is -1.10. The second kappa shape index (κ2) is 22.1.